The number of hydrogen-bond acceptors (Lipinski definition) is 4. The quantitative estimate of drug-likeness (QED) is 0.803. The van der Waals surface area contributed by atoms with Gasteiger partial charge in [0.1, 0.15) is 0 Å². The van der Waals surface area contributed by atoms with E-state index in [-0.39, 0.29) is 35.9 Å². The summed E-state index contributed by atoms with van der Waals surface area (Å²) in [4.78, 5) is 27.0. The molecule has 25 heavy (non-hydrogen) atoms. The summed E-state index contributed by atoms with van der Waals surface area (Å²) in [5, 5.41) is 4.55. The van der Waals surface area contributed by atoms with Crippen LogP contribution in [0.5, 0.6) is 0 Å². The Bertz CT molecular complexity index is 832. The molecule has 0 aliphatic carbocycles. The molecule has 3 saturated heterocycles. The molecule has 0 radical (unpaired) electrons. The average Bonchev–Trinajstić information content (AvgIpc) is 3.34. The smallest absolute Gasteiger partial charge is 0.241 e. The highest BCUT2D eigenvalue weighted by Crippen LogP contribution is 2.49. The number of benzene rings is 1. The normalized spacial score (nSPS) is 30.4. The molecule has 0 N–H and O–H groups in total. The monoisotopic (exact) mass is 337 g/mol. The topological polar surface area (TPSA) is 64.4 Å². The predicted octanol–water partition coefficient (Wildman–Crippen LogP) is 1.91. The van der Waals surface area contributed by atoms with Crippen LogP contribution in [0, 0.1) is 18.8 Å². The van der Waals surface area contributed by atoms with E-state index in [4.69, 9.17) is 4.74 Å². The minimum atomic E-state index is -0.314. The Kier molecular flexibility index (Phi) is 3.12. The maximum Gasteiger partial charge on any atom is 0.241 e. The van der Waals surface area contributed by atoms with Gasteiger partial charge in [0.25, 0.3) is 0 Å². The van der Waals surface area contributed by atoms with Gasteiger partial charge in [0.2, 0.25) is 11.8 Å². The maximum atomic E-state index is 12.8. The van der Waals surface area contributed by atoms with Crippen molar-refractivity contribution in [1.29, 1.82) is 0 Å². The van der Waals surface area contributed by atoms with Gasteiger partial charge in [-0.05, 0) is 25.3 Å². The second kappa shape index (κ2) is 5.26. The van der Waals surface area contributed by atoms with Crippen molar-refractivity contribution in [2.45, 2.75) is 38.5 Å². The number of aryl methyl sites for hydroxylation is 1. The molecular weight excluding hydrogens is 318 g/mol. The molecule has 5 rings (SSSR count). The van der Waals surface area contributed by atoms with Gasteiger partial charge < -0.3 is 4.74 Å². The van der Waals surface area contributed by atoms with Gasteiger partial charge in [0.05, 0.1) is 30.6 Å². The minimum absolute atomic E-state index is 0.0936. The Labute approximate surface area is 145 Å². The first-order valence-corrected chi connectivity index (χ1v) is 8.75. The van der Waals surface area contributed by atoms with Crippen molar-refractivity contribution in [2.24, 2.45) is 11.8 Å². The number of carbonyl (C=O) groups excluding carboxylic acids is 2. The van der Waals surface area contributed by atoms with Crippen molar-refractivity contribution in [3.05, 3.63) is 47.7 Å². The zero-order valence-electron chi connectivity index (χ0n) is 14.0. The standard InChI is InChI=1S/C19H19N3O3/c1-11-9-15(20-21(11)10-12-5-3-2-4-6-12)22-18(23)16-13-7-8-14(25-13)17(16)19(22)24/h2-6,9,13-14,16-17H,7-8,10H2,1H3. The number of imide groups is 1. The third-order valence-corrected chi connectivity index (χ3v) is 5.66. The second-order valence-electron chi connectivity index (χ2n) is 7.14. The molecule has 0 spiro atoms. The number of amides is 2. The number of ether oxygens (including phenoxy) is 1. The molecule has 4 heterocycles. The van der Waals surface area contributed by atoms with Crippen LogP contribution in [0.3, 0.4) is 0 Å². The number of carbonyl (C=O) groups is 2. The van der Waals surface area contributed by atoms with E-state index in [1.165, 1.54) is 4.90 Å². The van der Waals surface area contributed by atoms with Gasteiger partial charge in [-0.25, -0.2) is 4.90 Å². The van der Waals surface area contributed by atoms with Crippen LogP contribution >= 0.6 is 0 Å². The van der Waals surface area contributed by atoms with Crippen molar-refractivity contribution in [3.63, 3.8) is 0 Å². The lowest BCUT2D eigenvalue weighted by Crippen LogP contribution is -2.34. The van der Waals surface area contributed by atoms with Crippen molar-refractivity contribution in [2.75, 3.05) is 4.90 Å². The number of rotatable bonds is 3. The van der Waals surface area contributed by atoms with Crippen LogP contribution in [-0.2, 0) is 20.9 Å². The Morgan fingerprint density at radius 3 is 2.36 bits per heavy atom. The molecule has 1 aromatic carbocycles. The van der Waals surface area contributed by atoms with Crippen molar-refractivity contribution < 1.29 is 14.3 Å². The molecule has 4 atom stereocenters. The van der Waals surface area contributed by atoms with Crippen LogP contribution in [0.25, 0.3) is 0 Å². The van der Waals surface area contributed by atoms with E-state index in [9.17, 15) is 9.59 Å². The first kappa shape index (κ1) is 14.8. The van der Waals surface area contributed by atoms with Gasteiger partial charge in [-0.15, -0.1) is 0 Å². The molecule has 6 heteroatoms. The summed E-state index contributed by atoms with van der Waals surface area (Å²) in [5.41, 5.74) is 2.05. The Hall–Kier alpha value is -2.47. The molecule has 2 aromatic rings. The zero-order valence-corrected chi connectivity index (χ0v) is 14.0. The van der Waals surface area contributed by atoms with Gasteiger partial charge in [-0.2, -0.15) is 5.10 Å². The average molecular weight is 337 g/mol. The van der Waals surface area contributed by atoms with E-state index in [0.717, 1.165) is 24.1 Å². The molecule has 4 unspecified atom stereocenters. The van der Waals surface area contributed by atoms with Crippen molar-refractivity contribution >= 4 is 17.6 Å². The van der Waals surface area contributed by atoms with Crippen molar-refractivity contribution in [3.8, 4) is 0 Å². The molecular formula is C19H19N3O3. The van der Waals surface area contributed by atoms with E-state index in [1.807, 2.05) is 48.0 Å². The van der Waals surface area contributed by atoms with Gasteiger partial charge >= 0.3 is 0 Å². The summed E-state index contributed by atoms with van der Waals surface area (Å²) in [6, 6.07) is 11.8. The highest BCUT2D eigenvalue weighted by Gasteiger charge is 2.63. The van der Waals surface area contributed by atoms with E-state index < -0.39 is 0 Å². The van der Waals surface area contributed by atoms with Crippen LogP contribution in [0.1, 0.15) is 24.1 Å². The number of anilines is 1. The highest BCUT2D eigenvalue weighted by atomic mass is 16.5. The Balaban J connectivity index is 1.45. The van der Waals surface area contributed by atoms with E-state index in [2.05, 4.69) is 5.10 Å². The number of nitrogens with zero attached hydrogens (tertiary/aromatic N) is 3. The van der Waals surface area contributed by atoms with Crippen LogP contribution < -0.4 is 4.90 Å². The number of hydrogen-bond donors (Lipinski definition) is 0. The summed E-state index contributed by atoms with van der Waals surface area (Å²) >= 11 is 0. The molecule has 3 aliphatic heterocycles. The number of fused-ring (bicyclic) bond motifs is 5. The second-order valence-corrected chi connectivity index (χ2v) is 7.14. The Morgan fingerprint density at radius 1 is 1.08 bits per heavy atom. The lowest BCUT2D eigenvalue weighted by atomic mass is 9.81. The summed E-state index contributed by atoms with van der Waals surface area (Å²) < 4.78 is 7.62. The van der Waals surface area contributed by atoms with Gasteiger partial charge in [0.15, 0.2) is 5.82 Å². The van der Waals surface area contributed by atoms with Crippen LogP contribution in [-0.4, -0.2) is 33.8 Å². The lowest BCUT2D eigenvalue weighted by molar-refractivity contribution is -0.124. The maximum absolute atomic E-state index is 12.8. The van der Waals surface area contributed by atoms with Crippen LogP contribution in [0.2, 0.25) is 0 Å². The SMILES string of the molecule is Cc1cc(N2C(=O)C3C4CCC(O4)C3C2=O)nn1Cc1ccccc1. The van der Waals surface area contributed by atoms with Crippen LogP contribution in [0.4, 0.5) is 5.82 Å². The fraction of sp³-hybridized carbons (Fsp3) is 0.421. The van der Waals surface area contributed by atoms with Gasteiger partial charge in [-0.3, -0.25) is 14.3 Å². The highest BCUT2D eigenvalue weighted by molar-refractivity contribution is 6.22. The molecule has 2 bridgehead atoms. The third kappa shape index (κ3) is 2.10. The number of aromatic nitrogens is 2. The molecule has 128 valence electrons. The summed E-state index contributed by atoms with van der Waals surface area (Å²) in [6.45, 7) is 2.56. The summed E-state index contributed by atoms with van der Waals surface area (Å²) in [6.07, 6.45) is 1.56. The minimum Gasteiger partial charge on any atom is -0.373 e. The summed E-state index contributed by atoms with van der Waals surface area (Å²) in [7, 11) is 0. The zero-order chi connectivity index (χ0) is 17.1. The van der Waals surface area contributed by atoms with Gasteiger partial charge in [0, 0.05) is 11.8 Å². The molecule has 3 aliphatic rings. The Morgan fingerprint density at radius 2 is 1.72 bits per heavy atom. The molecule has 1 aromatic heterocycles. The molecule has 0 saturated carbocycles. The van der Waals surface area contributed by atoms with E-state index in [0.29, 0.717) is 12.4 Å². The fourth-order valence-electron chi connectivity index (χ4n) is 4.46. The largest absolute Gasteiger partial charge is 0.373 e. The first-order chi connectivity index (χ1) is 12.1. The molecule has 2 amide bonds. The summed E-state index contributed by atoms with van der Waals surface area (Å²) in [5.74, 6) is -0.480. The van der Waals surface area contributed by atoms with E-state index >= 15 is 0 Å². The molecule has 3 fully saturated rings. The predicted molar refractivity (Wildman–Crippen MR) is 89.9 cm³/mol. The lowest BCUT2D eigenvalue weighted by Gasteiger charge is -2.15. The first-order valence-electron chi connectivity index (χ1n) is 8.75. The fourth-order valence-corrected chi connectivity index (χ4v) is 4.46. The molecule has 6 nitrogen and oxygen atoms in total. The third-order valence-electron chi connectivity index (χ3n) is 5.66. The van der Waals surface area contributed by atoms with Crippen LogP contribution in [0.15, 0.2) is 36.4 Å². The van der Waals surface area contributed by atoms with Gasteiger partial charge in [-0.1, -0.05) is 30.3 Å². The van der Waals surface area contributed by atoms with E-state index in [1.54, 1.807) is 0 Å². The van der Waals surface area contributed by atoms with Crippen molar-refractivity contribution in [1.82, 2.24) is 9.78 Å².